The van der Waals surface area contributed by atoms with Crippen LogP contribution in [0.15, 0.2) is 0 Å². The van der Waals surface area contributed by atoms with E-state index in [1.807, 2.05) is 0 Å². The normalized spacial score (nSPS) is 26.9. The van der Waals surface area contributed by atoms with E-state index in [1.54, 1.807) is 6.92 Å². The minimum Gasteiger partial charge on any atom is -0.468 e. The molecule has 2 atom stereocenters. The predicted octanol–water partition coefficient (Wildman–Crippen LogP) is -1.64. The topological polar surface area (TPSA) is 107 Å². The highest BCUT2D eigenvalue weighted by Crippen LogP contribution is 2.21. The number of esters is 1. The van der Waals surface area contributed by atoms with Crippen molar-refractivity contribution in [1.82, 2.24) is 14.7 Å². The number of hydrogen-bond donors (Lipinski definition) is 1. The van der Waals surface area contributed by atoms with E-state index in [1.165, 1.54) is 12.0 Å². The van der Waals surface area contributed by atoms with Crippen molar-refractivity contribution in [2.24, 2.45) is 0 Å². The molecule has 0 aromatic heterocycles. The van der Waals surface area contributed by atoms with Gasteiger partial charge < -0.3 is 9.84 Å². The first kappa shape index (κ1) is 15.4. The fourth-order valence-electron chi connectivity index (χ4n) is 2.55. The zero-order valence-corrected chi connectivity index (χ0v) is 11.8. The molecular formula is C12H17N3O6. The van der Waals surface area contributed by atoms with Crippen LogP contribution in [0.3, 0.4) is 0 Å². The van der Waals surface area contributed by atoms with Gasteiger partial charge in [0.1, 0.15) is 6.04 Å². The number of likely N-dealkylation sites (N-methyl/N-ethyl adjacent to an activating group) is 1. The van der Waals surface area contributed by atoms with Crippen LogP contribution in [0.4, 0.5) is 4.79 Å². The number of aliphatic hydroxyl groups is 1. The summed E-state index contributed by atoms with van der Waals surface area (Å²) in [7, 11) is 1.22. The summed E-state index contributed by atoms with van der Waals surface area (Å²) >= 11 is 0. The van der Waals surface area contributed by atoms with E-state index >= 15 is 0 Å². The number of aliphatic hydroxyl groups excluding tert-OH is 1. The molecular weight excluding hydrogens is 282 g/mol. The zero-order chi connectivity index (χ0) is 15.7. The van der Waals surface area contributed by atoms with Crippen LogP contribution in [0.2, 0.25) is 0 Å². The number of imide groups is 2. The van der Waals surface area contributed by atoms with Gasteiger partial charge in [-0.2, -0.15) is 0 Å². The molecule has 4 amide bonds. The summed E-state index contributed by atoms with van der Waals surface area (Å²) < 4.78 is 4.64. The van der Waals surface area contributed by atoms with Gasteiger partial charge in [-0.15, -0.1) is 0 Å². The van der Waals surface area contributed by atoms with Crippen LogP contribution in [0, 0.1) is 0 Å². The third kappa shape index (κ3) is 2.61. The molecule has 2 aliphatic heterocycles. The van der Waals surface area contributed by atoms with Crippen LogP contribution < -0.4 is 0 Å². The van der Waals surface area contributed by atoms with E-state index in [0.29, 0.717) is 0 Å². The van der Waals surface area contributed by atoms with E-state index < -0.39 is 36.0 Å². The molecule has 0 bridgehead atoms. The minimum atomic E-state index is -0.924. The molecule has 2 fully saturated rings. The molecule has 0 spiro atoms. The summed E-state index contributed by atoms with van der Waals surface area (Å²) in [6.07, 6.45) is -0.589. The number of nitrogens with zero attached hydrogens (tertiary/aromatic N) is 3. The number of β-amino-alcohol motifs (C(OH)–C–C–N with tert-alkyl or cyclic N) is 1. The number of carbonyl (C=O) groups excluding carboxylic acids is 4. The fraction of sp³-hybridized carbons (Fsp3) is 0.667. The molecule has 0 aromatic carbocycles. The van der Waals surface area contributed by atoms with Crippen LogP contribution >= 0.6 is 0 Å². The lowest BCUT2D eigenvalue weighted by molar-refractivity contribution is -0.148. The van der Waals surface area contributed by atoms with Gasteiger partial charge in [0.2, 0.25) is 0 Å². The highest BCUT2D eigenvalue weighted by Gasteiger charge is 2.46. The Morgan fingerprint density at radius 2 is 1.90 bits per heavy atom. The molecule has 9 heteroatoms. The van der Waals surface area contributed by atoms with Crippen LogP contribution in [0.5, 0.6) is 0 Å². The highest BCUT2D eigenvalue weighted by atomic mass is 16.5. The summed E-state index contributed by atoms with van der Waals surface area (Å²) in [5, 5.41) is 9.66. The van der Waals surface area contributed by atoms with Crippen LogP contribution in [-0.4, -0.2) is 82.6 Å². The SMILES string of the molecule is CCN1C(=O)C(=O)N(CN2C[C@H](O)C[C@H]2C(=O)OC)C1=O. The Labute approximate surface area is 121 Å². The van der Waals surface area contributed by atoms with Crippen LogP contribution in [0.1, 0.15) is 13.3 Å². The molecule has 1 N–H and O–H groups in total. The van der Waals surface area contributed by atoms with Gasteiger partial charge >= 0.3 is 23.8 Å². The van der Waals surface area contributed by atoms with E-state index in [-0.39, 0.29) is 26.2 Å². The van der Waals surface area contributed by atoms with Crippen LogP contribution in [-0.2, 0) is 19.1 Å². The van der Waals surface area contributed by atoms with Crippen molar-refractivity contribution < 1.29 is 29.0 Å². The Bertz CT molecular complexity index is 493. The second kappa shape index (κ2) is 5.78. The number of hydrogen-bond acceptors (Lipinski definition) is 7. The van der Waals surface area contributed by atoms with Crippen LogP contribution in [0.25, 0.3) is 0 Å². The summed E-state index contributed by atoms with van der Waals surface area (Å²) in [5.41, 5.74) is 0. The smallest absolute Gasteiger partial charge is 0.335 e. The molecule has 0 radical (unpaired) electrons. The van der Waals surface area contributed by atoms with Gasteiger partial charge in [0.05, 0.1) is 19.9 Å². The Balaban J connectivity index is 2.13. The van der Waals surface area contributed by atoms with E-state index in [2.05, 4.69) is 4.74 Å². The average Bonchev–Trinajstić information content (AvgIpc) is 2.92. The van der Waals surface area contributed by atoms with Gasteiger partial charge in [-0.25, -0.2) is 9.69 Å². The minimum absolute atomic E-state index is 0.100. The predicted molar refractivity (Wildman–Crippen MR) is 67.6 cm³/mol. The molecule has 2 rings (SSSR count). The van der Waals surface area contributed by atoms with Crippen molar-refractivity contribution in [1.29, 1.82) is 0 Å². The number of amides is 4. The quantitative estimate of drug-likeness (QED) is 0.377. The number of rotatable bonds is 4. The second-order valence-electron chi connectivity index (χ2n) is 4.91. The second-order valence-corrected chi connectivity index (χ2v) is 4.91. The maximum Gasteiger partial charge on any atom is 0.335 e. The maximum atomic E-state index is 12.0. The number of urea groups is 1. The van der Waals surface area contributed by atoms with E-state index in [9.17, 15) is 24.3 Å². The summed E-state index contributed by atoms with van der Waals surface area (Å²) in [4.78, 5) is 50.1. The number of carbonyl (C=O) groups is 4. The fourth-order valence-corrected chi connectivity index (χ4v) is 2.55. The lowest BCUT2D eigenvalue weighted by Crippen LogP contribution is -2.47. The maximum absolute atomic E-state index is 12.0. The van der Waals surface area contributed by atoms with Gasteiger partial charge in [-0.1, -0.05) is 0 Å². The van der Waals surface area contributed by atoms with Crippen molar-refractivity contribution in [2.45, 2.75) is 25.5 Å². The Kier molecular flexibility index (Phi) is 4.24. The molecule has 0 unspecified atom stereocenters. The third-order valence-electron chi connectivity index (χ3n) is 3.63. The summed E-state index contributed by atoms with van der Waals surface area (Å²) in [6.45, 7) is 1.58. The molecule has 2 heterocycles. The molecule has 9 nitrogen and oxygen atoms in total. The van der Waals surface area contributed by atoms with Gasteiger partial charge in [0.25, 0.3) is 0 Å². The monoisotopic (exact) mass is 299 g/mol. The first-order chi connectivity index (χ1) is 9.90. The van der Waals surface area contributed by atoms with Gasteiger partial charge in [0.15, 0.2) is 0 Å². The molecule has 2 saturated heterocycles. The highest BCUT2D eigenvalue weighted by molar-refractivity contribution is 6.44. The molecule has 0 aliphatic carbocycles. The lowest BCUT2D eigenvalue weighted by Gasteiger charge is -2.25. The molecule has 2 aliphatic rings. The van der Waals surface area contributed by atoms with Crippen molar-refractivity contribution >= 4 is 23.8 Å². The van der Waals surface area contributed by atoms with Gasteiger partial charge in [-0.05, 0) is 6.92 Å². The Morgan fingerprint density at radius 1 is 1.29 bits per heavy atom. The Morgan fingerprint density at radius 3 is 2.43 bits per heavy atom. The summed E-state index contributed by atoms with van der Waals surface area (Å²) in [6, 6.07) is -1.45. The largest absolute Gasteiger partial charge is 0.468 e. The third-order valence-corrected chi connectivity index (χ3v) is 3.63. The number of methoxy groups -OCH3 is 1. The summed E-state index contributed by atoms with van der Waals surface area (Å²) in [5.74, 6) is -2.35. The van der Waals surface area contributed by atoms with E-state index in [4.69, 9.17) is 0 Å². The van der Waals surface area contributed by atoms with Crippen molar-refractivity contribution in [3.8, 4) is 0 Å². The molecule has 116 valence electrons. The molecule has 0 saturated carbocycles. The van der Waals surface area contributed by atoms with Gasteiger partial charge in [0, 0.05) is 19.5 Å². The zero-order valence-electron chi connectivity index (χ0n) is 11.8. The van der Waals surface area contributed by atoms with E-state index in [0.717, 1.165) is 9.80 Å². The van der Waals surface area contributed by atoms with Crippen molar-refractivity contribution in [3.63, 3.8) is 0 Å². The average molecular weight is 299 g/mol. The van der Waals surface area contributed by atoms with Crippen molar-refractivity contribution in [3.05, 3.63) is 0 Å². The number of likely N-dealkylation sites (tertiary alicyclic amines) is 1. The standard InChI is InChI=1S/C12H17N3O6/c1-3-14-9(17)10(18)15(12(14)20)6-13-5-7(16)4-8(13)11(19)21-2/h7-8,16H,3-6H2,1-2H3/t7-,8+/m1/s1. The molecule has 21 heavy (non-hydrogen) atoms. The Hall–Kier alpha value is -2.00. The van der Waals surface area contributed by atoms with Crippen molar-refractivity contribution in [2.75, 3.05) is 26.9 Å². The molecule has 0 aromatic rings. The lowest BCUT2D eigenvalue weighted by atomic mass is 10.2. The first-order valence-electron chi connectivity index (χ1n) is 6.58. The van der Waals surface area contributed by atoms with Gasteiger partial charge in [-0.3, -0.25) is 24.2 Å². The number of ether oxygens (including phenoxy) is 1. The first-order valence-corrected chi connectivity index (χ1v) is 6.58.